The summed E-state index contributed by atoms with van der Waals surface area (Å²) < 4.78 is 6.49. The lowest BCUT2D eigenvalue weighted by Crippen LogP contribution is -2.51. The van der Waals surface area contributed by atoms with Gasteiger partial charge in [-0.1, -0.05) is 24.3 Å². The molecule has 220 valence electrons. The maximum atomic E-state index is 13.9. The number of carbonyl (C=O) groups is 1. The predicted octanol–water partition coefficient (Wildman–Crippen LogP) is 3.52. The third-order valence-electron chi connectivity index (χ3n) is 10.5. The van der Waals surface area contributed by atoms with Gasteiger partial charge in [0.05, 0.1) is 16.8 Å². The van der Waals surface area contributed by atoms with Gasteiger partial charge in [0.1, 0.15) is 18.2 Å². The molecule has 6 heterocycles. The second-order valence-electron chi connectivity index (χ2n) is 13.0. The number of fused-ring (bicyclic) bond motifs is 5. The largest absolute Gasteiger partial charge is 0.508 e. The highest BCUT2D eigenvalue weighted by Gasteiger charge is 2.45. The summed E-state index contributed by atoms with van der Waals surface area (Å²) in [5.41, 5.74) is 2.84. The zero-order chi connectivity index (χ0) is 28.3. The Balaban J connectivity index is 1.09. The molecule has 2 atom stereocenters. The van der Waals surface area contributed by atoms with Crippen molar-refractivity contribution < 1.29 is 14.6 Å². The highest BCUT2D eigenvalue weighted by atomic mass is 16.5. The van der Waals surface area contributed by atoms with Crippen molar-refractivity contribution in [3.8, 4) is 11.8 Å². The van der Waals surface area contributed by atoms with Crippen LogP contribution in [0.3, 0.4) is 0 Å². The Morgan fingerprint density at radius 1 is 1.00 bits per heavy atom. The molecule has 5 aliphatic heterocycles. The van der Waals surface area contributed by atoms with E-state index < -0.39 is 0 Å². The Morgan fingerprint density at radius 3 is 2.57 bits per heavy atom. The molecule has 2 unspecified atom stereocenters. The Labute approximate surface area is 246 Å². The van der Waals surface area contributed by atoms with E-state index in [1.54, 1.807) is 12.1 Å². The number of carbonyl (C=O) groups excluding carboxylic acids is 1. The molecule has 0 saturated carbocycles. The highest BCUT2D eigenvalue weighted by Crippen LogP contribution is 2.39. The van der Waals surface area contributed by atoms with Gasteiger partial charge in [-0.3, -0.25) is 9.69 Å². The first-order chi connectivity index (χ1) is 20.5. The van der Waals surface area contributed by atoms with Crippen LogP contribution in [-0.2, 0) is 12.8 Å². The van der Waals surface area contributed by atoms with Crippen LogP contribution in [0.4, 0.5) is 5.82 Å². The Bertz CT molecular complexity index is 1510. The number of anilines is 1. The van der Waals surface area contributed by atoms with Gasteiger partial charge in [0.2, 0.25) is 0 Å². The zero-order valence-corrected chi connectivity index (χ0v) is 24.2. The Hall–Kier alpha value is -3.43. The van der Waals surface area contributed by atoms with E-state index in [9.17, 15) is 9.90 Å². The number of nitrogens with one attached hydrogen (secondary N) is 1. The van der Waals surface area contributed by atoms with E-state index in [1.165, 1.54) is 51.6 Å². The molecule has 1 amide bonds. The Kier molecular flexibility index (Phi) is 6.48. The molecule has 0 radical (unpaired) electrons. The average molecular weight is 569 g/mol. The van der Waals surface area contributed by atoms with Gasteiger partial charge in [0.25, 0.3) is 5.91 Å². The minimum atomic E-state index is -0.0530. The van der Waals surface area contributed by atoms with Crippen molar-refractivity contribution in [1.29, 1.82) is 0 Å². The maximum absolute atomic E-state index is 13.9. The molecule has 8 rings (SSSR count). The number of benzene rings is 2. The fraction of sp³-hybridized carbons (Fsp3) is 0.545. The summed E-state index contributed by atoms with van der Waals surface area (Å²) in [5, 5.41) is 15.9. The van der Waals surface area contributed by atoms with Gasteiger partial charge in [-0.05, 0) is 80.9 Å². The number of hydrogen-bond donors (Lipinski definition) is 2. The molecule has 0 aliphatic carbocycles. The van der Waals surface area contributed by atoms with Crippen LogP contribution < -0.4 is 15.0 Å². The number of aromatic hydroxyl groups is 1. The van der Waals surface area contributed by atoms with E-state index in [2.05, 4.69) is 15.1 Å². The standard InChI is InChI=1S/C33H40N6O3/c40-25-17-22-5-1-2-6-26(22)28(18-25)31(41)37-15-9-27-29(10-16-37)35-32(42-21-33-11-3-13-39(33)14-4-12-33)36-30(27)38-19-23-7-8-24(20-38)34-23/h1-2,5-6,17-18,23-24,34,40H,3-4,7-16,19-21H2. The second-order valence-corrected chi connectivity index (χ2v) is 13.0. The monoisotopic (exact) mass is 568 g/mol. The van der Waals surface area contributed by atoms with Gasteiger partial charge in [0.15, 0.2) is 0 Å². The van der Waals surface area contributed by atoms with E-state index >= 15 is 0 Å². The molecule has 2 aromatic carbocycles. The number of nitrogens with zero attached hydrogens (tertiary/aromatic N) is 5. The molecular weight excluding hydrogens is 528 g/mol. The molecule has 2 N–H and O–H groups in total. The van der Waals surface area contributed by atoms with Crippen LogP contribution in [0.5, 0.6) is 11.8 Å². The van der Waals surface area contributed by atoms with Gasteiger partial charge >= 0.3 is 6.01 Å². The number of ether oxygens (including phenoxy) is 1. The van der Waals surface area contributed by atoms with Gasteiger partial charge in [-0.2, -0.15) is 9.97 Å². The quantitative estimate of drug-likeness (QED) is 0.483. The zero-order valence-electron chi connectivity index (χ0n) is 24.2. The SMILES string of the molecule is O=C(c1cc(O)cc2ccccc12)N1CCc2nc(OCC34CCCN3CCC4)nc(N3CC4CCC(C3)N4)c2CC1. The molecule has 4 saturated heterocycles. The van der Waals surface area contributed by atoms with Crippen molar-refractivity contribution in [2.24, 2.45) is 0 Å². The fourth-order valence-corrected chi connectivity index (χ4v) is 8.36. The minimum absolute atomic E-state index is 0.0530. The highest BCUT2D eigenvalue weighted by molar-refractivity contribution is 6.07. The lowest BCUT2D eigenvalue weighted by Gasteiger charge is -2.35. The number of phenols is 1. The fourth-order valence-electron chi connectivity index (χ4n) is 8.36. The first-order valence-corrected chi connectivity index (χ1v) is 15.8. The number of phenolic OH excluding ortho intramolecular Hbond substituents is 1. The number of amides is 1. The van der Waals surface area contributed by atoms with E-state index in [1.807, 2.05) is 29.2 Å². The average Bonchev–Trinajstić information content (AvgIpc) is 3.63. The van der Waals surface area contributed by atoms with Crippen molar-refractivity contribution in [2.45, 2.75) is 69.0 Å². The minimum Gasteiger partial charge on any atom is -0.508 e. The van der Waals surface area contributed by atoms with Crippen LogP contribution in [-0.4, -0.2) is 94.3 Å². The van der Waals surface area contributed by atoms with Crippen LogP contribution in [0.2, 0.25) is 0 Å². The summed E-state index contributed by atoms with van der Waals surface area (Å²) in [6.45, 7) is 6.01. The van der Waals surface area contributed by atoms with Crippen LogP contribution >= 0.6 is 0 Å². The summed E-state index contributed by atoms with van der Waals surface area (Å²) in [4.78, 5) is 31.0. The van der Waals surface area contributed by atoms with Crippen molar-refractivity contribution >= 4 is 22.5 Å². The van der Waals surface area contributed by atoms with E-state index in [0.717, 1.165) is 40.9 Å². The molecule has 42 heavy (non-hydrogen) atoms. The van der Waals surface area contributed by atoms with Gasteiger partial charge in [-0.25, -0.2) is 0 Å². The van der Waals surface area contributed by atoms with Gasteiger partial charge in [-0.15, -0.1) is 0 Å². The predicted molar refractivity (Wildman–Crippen MR) is 161 cm³/mol. The smallest absolute Gasteiger partial charge is 0.318 e. The van der Waals surface area contributed by atoms with Crippen LogP contribution in [0, 0.1) is 0 Å². The summed E-state index contributed by atoms with van der Waals surface area (Å²) in [7, 11) is 0. The molecule has 4 fully saturated rings. The summed E-state index contributed by atoms with van der Waals surface area (Å²) in [6.07, 6.45) is 8.61. The van der Waals surface area contributed by atoms with Crippen molar-refractivity contribution in [2.75, 3.05) is 50.8 Å². The lowest BCUT2D eigenvalue weighted by molar-refractivity contribution is 0.0764. The Morgan fingerprint density at radius 2 is 1.76 bits per heavy atom. The van der Waals surface area contributed by atoms with Crippen LogP contribution in [0.15, 0.2) is 36.4 Å². The van der Waals surface area contributed by atoms with Crippen LogP contribution in [0.25, 0.3) is 10.8 Å². The molecule has 2 bridgehead atoms. The maximum Gasteiger partial charge on any atom is 0.318 e. The van der Waals surface area contributed by atoms with Crippen molar-refractivity contribution in [3.05, 3.63) is 53.2 Å². The van der Waals surface area contributed by atoms with E-state index in [4.69, 9.17) is 14.7 Å². The number of piperazine rings is 1. The number of rotatable bonds is 5. The molecule has 9 heteroatoms. The topological polar surface area (TPSA) is 94.1 Å². The molecule has 9 nitrogen and oxygen atoms in total. The molecule has 3 aromatic rings. The normalized spacial score (nSPS) is 25.0. The molecule has 0 spiro atoms. The number of aromatic nitrogens is 2. The van der Waals surface area contributed by atoms with Crippen molar-refractivity contribution in [1.82, 2.24) is 25.1 Å². The lowest BCUT2D eigenvalue weighted by atomic mass is 9.95. The molecule has 5 aliphatic rings. The second kappa shape index (κ2) is 10.4. The van der Waals surface area contributed by atoms with E-state index in [-0.39, 0.29) is 17.2 Å². The first-order valence-electron chi connectivity index (χ1n) is 15.8. The number of hydrogen-bond acceptors (Lipinski definition) is 8. The van der Waals surface area contributed by atoms with Crippen molar-refractivity contribution in [3.63, 3.8) is 0 Å². The summed E-state index contributed by atoms with van der Waals surface area (Å²) in [6, 6.07) is 12.5. The van der Waals surface area contributed by atoms with Gasteiger partial charge in [0, 0.05) is 50.2 Å². The third kappa shape index (κ3) is 4.57. The summed E-state index contributed by atoms with van der Waals surface area (Å²) >= 11 is 0. The van der Waals surface area contributed by atoms with Gasteiger partial charge < -0.3 is 25.0 Å². The summed E-state index contributed by atoms with van der Waals surface area (Å²) in [5.74, 6) is 1.06. The van der Waals surface area contributed by atoms with E-state index in [0.29, 0.717) is 56.2 Å². The first kappa shape index (κ1) is 26.2. The third-order valence-corrected chi connectivity index (χ3v) is 10.5. The molecule has 1 aromatic heterocycles. The van der Waals surface area contributed by atoms with Crippen LogP contribution in [0.1, 0.15) is 60.1 Å². The molecular formula is C33H40N6O3.